The average molecular weight is 516 g/mol. The first-order valence-corrected chi connectivity index (χ1v) is 8.81. The average Bonchev–Trinajstić information content (AvgIpc) is 2.68. The summed E-state index contributed by atoms with van der Waals surface area (Å²) in [5.41, 5.74) is 0.397. The number of benzene rings is 2. The molecule has 0 bridgehead atoms. The van der Waals surface area contributed by atoms with E-state index in [4.69, 9.17) is 9.47 Å². The standard InChI is InChI=1S/C20H25FN4O3.HI/c1-14(28-18-10-5-4-9-17(18)27-3)12-23-20(22-2)24-13-19(26)25-16-8-6-7-15(21)11-16;/h4-11,14H,12-13H2,1-3H3,(H,25,26)(H2,22,23,24);1H. The van der Waals surface area contributed by atoms with Crippen molar-refractivity contribution in [2.75, 3.05) is 32.6 Å². The second-order valence-corrected chi connectivity index (χ2v) is 5.94. The molecule has 2 aromatic rings. The Labute approximate surface area is 187 Å². The molecule has 0 aliphatic heterocycles. The van der Waals surface area contributed by atoms with E-state index in [2.05, 4.69) is 20.9 Å². The van der Waals surface area contributed by atoms with E-state index in [1.54, 1.807) is 20.2 Å². The number of guanidine groups is 1. The minimum absolute atomic E-state index is 0. The molecule has 0 saturated carbocycles. The molecule has 2 aromatic carbocycles. The third-order valence-electron chi connectivity index (χ3n) is 3.70. The summed E-state index contributed by atoms with van der Waals surface area (Å²) < 4.78 is 24.3. The number of hydrogen-bond acceptors (Lipinski definition) is 4. The molecule has 9 heteroatoms. The number of methoxy groups -OCH3 is 1. The molecule has 1 atom stereocenters. The van der Waals surface area contributed by atoms with Crippen LogP contribution < -0.4 is 25.4 Å². The monoisotopic (exact) mass is 516 g/mol. The summed E-state index contributed by atoms with van der Waals surface area (Å²) >= 11 is 0. The highest BCUT2D eigenvalue weighted by Crippen LogP contribution is 2.26. The normalized spacial score (nSPS) is 11.7. The van der Waals surface area contributed by atoms with Crippen LogP contribution in [0.1, 0.15) is 6.92 Å². The second kappa shape index (κ2) is 12.8. The van der Waals surface area contributed by atoms with E-state index in [0.29, 0.717) is 29.7 Å². The minimum atomic E-state index is -0.410. The largest absolute Gasteiger partial charge is 0.493 e. The minimum Gasteiger partial charge on any atom is -0.493 e. The summed E-state index contributed by atoms with van der Waals surface area (Å²) in [5, 5.41) is 8.60. The van der Waals surface area contributed by atoms with Gasteiger partial charge in [0.2, 0.25) is 5.91 Å². The molecular weight excluding hydrogens is 490 g/mol. The third kappa shape index (κ3) is 8.55. The van der Waals surface area contributed by atoms with Crippen LogP contribution in [0.3, 0.4) is 0 Å². The van der Waals surface area contributed by atoms with Gasteiger partial charge in [-0.25, -0.2) is 4.39 Å². The number of hydrogen-bond donors (Lipinski definition) is 3. The van der Waals surface area contributed by atoms with Crippen molar-refractivity contribution in [1.82, 2.24) is 10.6 Å². The van der Waals surface area contributed by atoms with Gasteiger partial charge < -0.3 is 25.4 Å². The zero-order chi connectivity index (χ0) is 20.4. The first-order valence-electron chi connectivity index (χ1n) is 8.81. The Hall–Kier alpha value is -2.56. The molecule has 0 aliphatic rings. The van der Waals surface area contributed by atoms with Crippen LogP contribution >= 0.6 is 24.0 Å². The first kappa shape index (κ1) is 24.5. The molecule has 1 amide bonds. The molecule has 158 valence electrons. The van der Waals surface area contributed by atoms with E-state index < -0.39 is 5.82 Å². The number of nitrogens with one attached hydrogen (secondary N) is 3. The van der Waals surface area contributed by atoms with Crippen LogP contribution in [-0.2, 0) is 4.79 Å². The lowest BCUT2D eigenvalue weighted by Crippen LogP contribution is -2.44. The van der Waals surface area contributed by atoms with Gasteiger partial charge >= 0.3 is 0 Å². The number of nitrogens with zero attached hydrogens (tertiary/aromatic N) is 1. The first-order chi connectivity index (χ1) is 13.5. The number of para-hydroxylation sites is 2. The van der Waals surface area contributed by atoms with E-state index in [-0.39, 0.29) is 42.5 Å². The Bertz CT molecular complexity index is 820. The van der Waals surface area contributed by atoms with Crippen molar-refractivity contribution >= 4 is 41.5 Å². The van der Waals surface area contributed by atoms with E-state index in [1.165, 1.54) is 18.2 Å². The third-order valence-corrected chi connectivity index (χ3v) is 3.70. The lowest BCUT2D eigenvalue weighted by molar-refractivity contribution is -0.115. The van der Waals surface area contributed by atoms with Gasteiger partial charge in [-0.3, -0.25) is 9.79 Å². The molecule has 3 N–H and O–H groups in total. The maximum atomic E-state index is 13.2. The van der Waals surface area contributed by atoms with Crippen LogP contribution in [0, 0.1) is 5.82 Å². The zero-order valence-corrected chi connectivity index (χ0v) is 18.9. The van der Waals surface area contributed by atoms with Gasteiger partial charge in [0.15, 0.2) is 17.5 Å². The maximum Gasteiger partial charge on any atom is 0.243 e. The van der Waals surface area contributed by atoms with Crippen LogP contribution in [0.2, 0.25) is 0 Å². The molecule has 29 heavy (non-hydrogen) atoms. The van der Waals surface area contributed by atoms with E-state index in [0.717, 1.165) is 0 Å². The Morgan fingerprint density at radius 2 is 1.86 bits per heavy atom. The van der Waals surface area contributed by atoms with Gasteiger partial charge in [-0.15, -0.1) is 24.0 Å². The van der Waals surface area contributed by atoms with Gasteiger partial charge in [-0.1, -0.05) is 18.2 Å². The number of aliphatic imine (C=N–C) groups is 1. The molecule has 0 spiro atoms. The highest BCUT2D eigenvalue weighted by atomic mass is 127. The Morgan fingerprint density at radius 1 is 1.14 bits per heavy atom. The fraction of sp³-hybridized carbons (Fsp3) is 0.300. The molecular formula is C20H26FIN4O3. The van der Waals surface area contributed by atoms with E-state index in [9.17, 15) is 9.18 Å². The molecule has 0 fully saturated rings. The number of amides is 1. The topological polar surface area (TPSA) is 84.0 Å². The predicted octanol–water partition coefficient (Wildman–Crippen LogP) is 3.02. The number of carbonyl (C=O) groups excluding carboxylic acids is 1. The number of rotatable bonds is 8. The highest BCUT2D eigenvalue weighted by Gasteiger charge is 2.10. The van der Waals surface area contributed by atoms with Crippen LogP contribution in [0.15, 0.2) is 53.5 Å². The number of carbonyl (C=O) groups is 1. The van der Waals surface area contributed by atoms with Crippen molar-refractivity contribution in [3.05, 3.63) is 54.3 Å². The van der Waals surface area contributed by atoms with Gasteiger partial charge in [0, 0.05) is 12.7 Å². The highest BCUT2D eigenvalue weighted by molar-refractivity contribution is 14.0. The van der Waals surface area contributed by atoms with Gasteiger partial charge in [-0.2, -0.15) is 0 Å². The van der Waals surface area contributed by atoms with Crippen LogP contribution in [-0.4, -0.2) is 45.2 Å². The number of anilines is 1. The molecule has 0 saturated heterocycles. The van der Waals surface area contributed by atoms with Crippen molar-refractivity contribution in [2.45, 2.75) is 13.0 Å². The summed E-state index contributed by atoms with van der Waals surface area (Å²) in [4.78, 5) is 16.0. The van der Waals surface area contributed by atoms with Gasteiger partial charge in [0.25, 0.3) is 0 Å². The molecule has 0 aliphatic carbocycles. The fourth-order valence-corrected chi connectivity index (χ4v) is 2.37. The van der Waals surface area contributed by atoms with Crippen LogP contribution in [0.4, 0.5) is 10.1 Å². The molecule has 1 unspecified atom stereocenters. The van der Waals surface area contributed by atoms with E-state index >= 15 is 0 Å². The summed E-state index contributed by atoms with van der Waals surface area (Å²) in [6, 6.07) is 13.1. The van der Waals surface area contributed by atoms with Crippen molar-refractivity contribution < 1.29 is 18.7 Å². The zero-order valence-electron chi connectivity index (χ0n) is 16.6. The predicted molar refractivity (Wildman–Crippen MR) is 123 cm³/mol. The molecule has 0 heterocycles. The molecule has 0 aromatic heterocycles. The van der Waals surface area contributed by atoms with Crippen molar-refractivity contribution in [3.8, 4) is 11.5 Å². The summed E-state index contributed by atoms with van der Waals surface area (Å²) in [7, 11) is 3.19. The van der Waals surface area contributed by atoms with Gasteiger partial charge in [0.05, 0.1) is 20.2 Å². The van der Waals surface area contributed by atoms with Crippen molar-refractivity contribution in [3.63, 3.8) is 0 Å². The smallest absolute Gasteiger partial charge is 0.243 e. The number of halogens is 2. The quantitative estimate of drug-likeness (QED) is 0.286. The van der Waals surface area contributed by atoms with Crippen LogP contribution in [0.5, 0.6) is 11.5 Å². The lowest BCUT2D eigenvalue weighted by Gasteiger charge is -2.19. The summed E-state index contributed by atoms with van der Waals surface area (Å²) in [6.07, 6.45) is -0.170. The lowest BCUT2D eigenvalue weighted by atomic mass is 10.3. The molecule has 0 radical (unpaired) electrons. The fourth-order valence-electron chi connectivity index (χ4n) is 2.37. The number of ether oxygens (including phenoxy) is 2. The van der Waals surface area contributed by atoms with Crippen molar-refractivity contribution in [2.24, 2.45) is 4.99 Å². The molecule has 2 rings (SSSR count). The Kier molecular flexibility index (Phi) is 10.8. The second-order valence-electron chi connectivity index (χ2n) is 5.94. The SMILES string of the molecule is CN=C(NCC(=O)Nc1cccc(F)c1)NCC(C)Oc1ccccc1OC.I. The Balaban J connectivity index is 0.00000420. The van der Waals surface area contributed by atoms with Gasteiger partial charge in [0.1, 0.15) is 11.9 Å². The maximum absolute atomic E-state index is 13.2. The Morgan fingerprint density at radius 3 is 2.52 bits per heavy atom. The van der Waals surface area contributed by atoms with Crippen molar-refractivity contribution in [1.29, 1.82) is 0 Å². The molecule has 7 nitrogen and oxygen atoms in total. The summed E-state index contributed by atoms with van der Waals surface area (Å²) in [5.74, 6) is 1.03. The van der Waals surface area contributed by atoms with Gasteiger partial charge in [-0.05, 0) is 37.3 Å². The van der Waals surface area contributed by atoms with E-state index in [1.807, 2.05) is 31.2 Å². The van der Waals surface area contributed by atoms with Crippen LogP contribution in [0.25, 0.3) is 0 Å². The summed E-state index contributed by atoms with van der Waals surface area (Å²) in [6.45, 7) is 2.35.